The van der Waals surface area contributed by atoms with E-state index < -0.39 is 4.92 Å². The van der Waals surface area contributed by atoms with Crippen LogP contribution in [0.15, 0.2) is 44.7 Å². The number of benzene rings is 2. The lowest BCUT2D eigenvalue weighted by Gasteiger charge is -2.12. The summed E-state index contributed by atoms with van der Waals surface area (Å²) in [6, 6.07) is 8.04. The molecule has 0 spiro atoms. The van der Waals surface area contributed by atoms with E-state index in [2.05, 4.69) is 26.0 Å². The van der Waals surface area contributed by atoms with Crippen LogP contribution in [0.4, 0.5) is 5.69 Å². The van der Waals surface area contributed by atoms with Crippen LogP contribution >= 0.6 is 27.5 Å². The Balaban J connectivity index is 2.16. The molecule has 0 unspecified atom stereocenters. The monoisotopic (exact) mass is 492 g/mol. The maximum absolute atomic E-state index is 13.0. The second-order valence-corrected chi connectivity index (χ2v) is 8.01. The summed E-state index contributed by atoms with van der Waals surface area (Å²) in [5.41, 5.74) is 0.305. The lowest BCUT2D eigenvalue weighted by atomic mass is 10.2. The molecule has 10 heteroatoms. The Labute approximate surface area is 185 Å². The van der Waals surface area contributed by atoms with Crippen LogP contribution < -0.4 is 10.3 Å². The third-order valence-corrected chi connectivity index (χ3v) is 4.98. The summed E-state index contributed by atoms with van der Waals surface area (Å²) >= 11 is 9.53. The zero-order valence-corrected chi connectivity index (χ0v) is 18.8. The first-order valence-corrected chi connectivity index (χ1v) is 10.3. The average molecular weight is 494 g/mol. The van der Waals surface area contributed by atoms with Crippen molar-refractivity contribution in [2.75, 3.05) is 6.61 Å². The van der Waals surface area contributed by atoms with Crippen LogP contribution in [0, 0.1) is 10.1 Å². The van der Waals surface area contributed by atoms with Crippen molar-refractivity contribution in [2.45, 2.75) is 26.7 Å². The van der Waals surface area contributed by atoms with Gasteiger partial charge in [-0.15, -0.1) is 0 Å². The van der Waals surface area contributed by atoms with Gasteiger partial charge in [-0.2, -0.15) is 9.78 Å². The summed E-state index contributed by atoms with van der Waals surface area (Å²) in [6.45, 7) is 5.74. The molecular weight excluding hydrogens is 476 g/mol. The summed E-state index contributed by atoms with van der Waals surface area (Å²) < 4.78 is 7.24. The quantitative estimate of drug-likeness (QED) is 0.269. The summed E-state index contributed by atoms with van der Waals surface area (Å²) in [5, 5.41) is 16.2. The molecule has 0 bridgehead atoms. The number of halogens is 2. The molecule has 2 aromatic carbocycles. The minimum Gasteiger partial charge on any atom is -0.486 e. The van der Waals surface area contributed by atoms with Crippen LogP contribution in [-0.2, 0) is 0 Å². The minimum atomic E-state index is -0.574. The highest BCUT2D eigenvalue weighted by Crippen LogP contribution is 2.35. The van der Waals surface area contributed by atoms with E-state index in [0.717, 1.165) is 4.47 Å². The molecule has 0 aliphatic heterocycles. The van der Waals surface area contributed by atoms with Crippen LogP contribution in [0.3, 0.4) is 0 Å². The van der Waals surface area contributed by atoms with Crippen molar-refractivity contribution in [2.24, 2.45) is 5.10 Å². The molecule has 156 valence electrons. The Bertz CT molecular complexity index is 1220. The molecule has 8 nitrogen and oxygen atoms in total. The van der Waals surface area contributed by atoms with Gasteiger partial charge >= 0.3 is 5.69 Å². The van der Waals surface area contributed by atoms with Gasteiger partial charge in [0.15, 0.2) is 0 Å². The first-order valence-electron chi connectivity index (χ1n) is 9.10. The number of fused-ring (bicyclic) bond motifs is 1. The van der Waals surface area contributed by atoms with Crippen molar-refractivity contribution in [1.29, 1.82) is 0 Å². The van der Waals surface area contributed by atoms with E-state index in [9.17, 15) is 14.9 Å². The fraction of sp³-hybridized carbons (Fsp3) is 0.250. The molecule has 0 aliphatic carbocycles. The van der Waals surface area contributed by atoms with E-state index in [1.54, 1.807) is 19.1 Å². The van der Waals surface area contributed by atoms with Crippen LogP contribution in [0.25, 0.3) is 10.9 Å². The first kappa shape index (κ1) is 21.9. The molecule has 3 rings (SSSR count). The van der Waals surface area contributed by atoms with Gasteiger partial charge in [-0.25, -0.2) is 4.98 Å². The smallest absolute Gasteiger partial charge is 0.313 e. The lowest BCUT2D eigenvalue weighted by molar-refractivity contribution is -0.385. The third kappa shape index (κ3) is 4.36. The summed E-state index contributed by atoms with van der Waals surface area (Å²) in [7, 11) is 0. The van der Waals surface area contributed by atoms with Gasteiger partial charge in [0.2, 0.25) is 5.75 Å². The Morgan fingerprint density at radius 3 is 2.73 bits per heavy atom. The molecule has 0 saturated heterocycles. The Morgan fingerprint density at radius 1 is 1.37 bits per heavy atom. The molecular formula is C20H18BrClN4O4. The topological polar surface area (TPSA) is 99.6 Å². The Hall–Kier alpha value is -2.78. The van der Waals surface area contributed by atoms with Gasteiger partial charge in [-0.05, 0) is 31.2 Å². The number of rotatable bonds is 6. The molecule has 3 aromatic rings. The molecule has 0 aliphatic rings. The van der Waals surface area contributed by atoms with Crippen LogP contribution in [0.1, 0.15) is 38.1 Å². The van der Waals surface area contributed by atoms with E-state index in [1.165, 1.54) is 23.0 Å². The van der Waals surface area contributed by atoms with Crippen molar-refractivity contribution < 1.29 is 9.66 Å². The maximum atomic E-state index is 13.0. The molecule has 30 heavy (non-hydrogen) atoms. The molecule has 0 atom stereocenters. The van der Waals surface area contributed by atoms with E-state index in [4.69, 9.17) is 16.3 Å². The number of nitro benzene ring substituents is 1. The van der Waals surface area contributed by atoms with Gasteiger partial charge < -0.3 is 4.74 Å². The van der Waals surface area contributed by atoms with Crippen LogP contribution in [0.5, 0.6) is 5.75 Å². The molecule has 0 fully saturated rings. The molecule has 1 aromatic heterocycles. The van der Waals surface area contributed by atoms with Gasteiger partial charge in [0.1, 0.15) is 5.82 Å². The Kier molecular flexibility index (Phi) is 6.52. The molecule has 0 radical (unpaired) electrons. The lowest BCUT2D eigenvalue weighted by Crippen LogP contribution is -2.23. The third-order valence-electron chi connectivity index (χ3n) is 4.20. The number of ether oxygens (including phenoxy) is 1. The second-order valence-electron chi connectivity index (χ2n) is 6.69. The van der Waals surface area contributed by atoms with Gasteiger partial charge in [0, 0.05) is 22.0 Å². The van der Waals surface area contributed by atoms with E-state index in [-0.39, 0.29) is 34.5 Å². The standard InChI is InChI=1S/C20H18BrClN4O4/c1-4-30-18-15(22)7-12(8-17(18)26(28)29)10-23-25-19(11(2)3)24-16-6-5-13(21)9-14(16)20(25)27/h5-11H,4H2,1-3H3. The van der Waals surface area contributed by atoms with Gasteiger partial charge in [0.25, 0.3) is 5.56 Å². The SMILES string of the molecule is CCOc1c(Cl)cc(C=Nn2c(C(C)C)nc3ccc(Br)cc3c2=O)cc1[N+](=O)[O-]. The number of hydrogen-bond donors (Lipinski definition) is 0. The first-order chi connectivity index (χ1) is 14.2. The zero-order chi connectivity index (χ0) is 22.0. The highest BCUT2D eigenvalue weighted by molar-refractivity contribution is 9.10. The maximum Gasteiger partial charge on any atom is 0.313 e. The fourth-order valence-corrected chi connectivity index (χ4v) is 3.51. The van der Waals surface area contributed by atoms with Crippen molar-refractivity contribution in [3.63, 3.8) is 0 Å². The van der Waals surface area contributed by atoms with Crippen LogP contribution in [-0.4, -0.2) is 27.4 Å². The highest BCUT2D eigenvalue weighted by Gasteiger charge is 2.20. The number of nitrogens with zero attached hydrogens (tertiary/aromatic N) is 4. The number of hydrogen-bond acceptors (Lipinski definition) is 6. The number of aromatic nitrogens is 2. The second kappa shape index (κ2) is 8.93. The summed E-state index contributed by atoms with van der Waals surface area (Å²) in [5.74, 6) is 0.386. The van der Waals surface area contributed by atoms with Crippen LogP contribution in [0.2, 0.25) is 5.02 Å². The molecule has 0 N–H and O–H groups in total. The number of nitro groups is 1. The van der Waals surface area contributed by atoms with Crippen molar-refractivity contribution in [3.8, 4) is 5.75 Å². The van der Waals surface area contributed by atoms with E-state index in [0.29, 0.717) is 22.3 Å². The predicted molar refractivity (Wildman–Crippen MR) is 120 cm³/mol. The highest BCUT2D eigenvalue weighted by atomic mass is 79.9. The molecule has 0 saturated carbocycles. The van der Waals surface area contributed by atoms with Gasteiger partial charge in [-0.1, -0.05) is 41.4 Å². The summed E-state index contributed by atoms with van der Waals surface area (Å²) in [6.07, 6.45) is 1.34. The van der Waals surface area contributed by atoms with Crippen molar-refractivity contribution >= 4 is 50.3 Å². The predicted octanol–water partition coefficient (Wildman–Crippen LogP) is 5.12. The largest absolute Gasteiger partial charge is 0.486 e. The average Bonchev–Trinajstić information content (AvgIpc) is 2.69. The molecule has 1 heterocycles. The fourth-order valence-electron chi connectivity index (χ4n) is 2.87. The summed E-state index contributed by atoms with van der Waals surface area (Å²) in [4.78, 5) is 28.4. The normalized spacial score (nSPS) is 11.5. The zero-order valence-electron chi connectivity index (χ0n) is 16.4. The van der Waals surface area contributed by atoms with E-state index >= 15 is 0 Å². The van der Waals surface area contributed by atoms with Crippen molar-refractivity contribution in [1.82, 2.24) is 9.66 Å². The van der Waals surface area contributed by atoms with Crippen molar-refractivity contribution in [3.05, 3.63) is 71.7 Å². The van der Waals surface area contributed by atoms with Gasteiger partial charge in [-0.3, -0.25) is 14.9 Å². The Morgan fingerprint density at radius 2 is 2.10 bits per heavy atom. The molecule has 0 amide bonds. The van der Waals surface area contributed by atoms with Gasteiger partial charge in [0.05, 0.1) is 33.7 Å². The minimum absolute atomic E-state index is 0.00132. The van der Waals surface area contributed by atoms with E-state index in [1.807, 2.05) is 19.9 Å².